The molecular formula is C12H23N5O. The lowest BCUT2D eigenvalue weighted by Gasteiger charge is -2.17. The summed E-state index contributed by atoms with van der Waals surface area (Å²) in [7, 11) is 1.71. The highest BCUT2D eigenvalue weighted by Crippen LogP contribution is 2.08. The normalized spacial score (nSPS) is 10.9. The average Bonchev–Trinajstić information content (AvgIpc) is 2.70. The van der Waals surface area contributed by atoms with E-state index in [-0.39, 0.29) is 5.91 Å². The van der Waals surface area contributed by atoms with Crippen molar-refractivity contribution in [3.8, 4) is 0 Å². The van der Waals surface area contributed by atoms with E-state index >= 15 is 0 Å². The topological polar surface area (TPSA) is 76.2 Å². The van der Waals surface area contributed by atoms with E-state index in [1.54, 1.807) is 7.05 Å². The Bertz CT molecular complexity index is 384. The number of carbonyl (C=O) groups is 1. The van der Waals surface area contributed by atoms with Crippen LogP contribution in [-0.4, -0.2) is 46.8 Å². The van der Waals surface area contributed by atoms with E-state index in [0.29, 0.717) is 17.9 Å². The molecule has 102 valence electrons. The first kappa shape index (κ1) is 14.5. The molecule has 0 atom stereocenters. The maximum Gasteiger partial charge on any atom is 0.256 e. The molecule has 0 unspecified atom stereocenters. The Kier molecular flexibility index (Phi) is 5.64. The van der Waals surface area contributed by atoms with E-state index in [1.807, 2.05) is 0 Å². The van der Waals surface area contributed by atoms with Gasteiger partial charge in [0.05, 0.1) is 6.20 Å². The minimum Gasteiger partial charge on any atom is -0.383 e. The van der Waals surface area contributed by atoms with Gasteiger partial charge in [-0.1, -0.05) is 13.8 Å². The first-order valence-corrected chi connectivity index (χ1v) is 6.38. The molecule has 0 aliphatic carbocycles. The highest BCUT2D eigenvalue weighted by Gasteiger charge is 2.12. The van der Waals surface area contributed by atoms with Crippen molar-refractivity contribution in [3.63, 3.8) is 0 Å². The van der Waals surface area contributed by atoms with Gasteiger partial charge in [0.25, 0.3) is 5.91 Å². The lowest BCUT2D eigenvalue weighted by Crippen LogP contribution is -2.30. The molecule has 0 radical (unpaired) electrons. The lowest BCUT2D eigenvalue weighted by molar-refractivity contribution is 0.0952. The van der Waals surface area contributed by atoms with Crippen LogP contribution in [0.3, 0.4) is 0 Å². The monoisotopic (exact) mass is 253 g/mol. The fourth-order valence-corrected chi connectivity index (χ4v) is 1.76. The molecule has 18 heavy (non-hydrogen) atoms. The van der Waals surface area contributed by atoms with E-state index in [1.165, 1.54) is 10.9 Å². The Morgan fingerprint density at radius 3 is 2.67 bits per heavy atom. The Hall–Kier alpha value is -1.56. The zero-order valence-electron chi connectivity index (χ0n) is 11.4. The van der Waals surface area contributed by atoms with Gasteiger partial charge < -0.3 is 16.0 Å². The maximum atomic E-state index is 11.8. The molecule has 1 heterocycles. The number of nitrogens with zero attached hydrogens (tertiary/aromatic N) is 3. The smallest absolute Gasteiger partial charge is 0.256 e. The minimum atomic E-state index is -0.153. The lowest BCUT2D eigenvalue weighted by atomic mass is 10.3. The number of hydrogen-bond donors (Lipinski definition) is 2. The molecule has 0 bridgehead atoms. The van der Waals surface area contributed by atoms with E-state index < -0.39 is 0 Å². The van der Waals surface area contributed by atoms with Crippen LogP contribution in [0.5, 0.6) is 0 Å². The third-order valence-electron chi connectivity index (χ3n) is 3.06. The summed E-state index contributed by atoms with van der Waals surface area (Å²) in [5.41, 5.74) is 6.18. The summed E-state index contributed by atoms with van der Waals surface area (Å²) in [4.78, 5) is 14.1. The van der Waals surface area contributed by atoms with E-state index in [2.05, 4.69) is 29.2 Å². The van der Waals surface area contributed by atoms with Gasteiger partial charge in [-0.3, -0.25) is 9.48 Å². The Balaban J connectivity index is 2.32. The summed E-state index contributed by atoms with van der Waals surface area (Å²) in [5, 5.41) is 6.80. The molecule has 0 saturated carbocycles. The zero-order chi connectivity index (χ0) is 13.5. The van der Waals surface area contributed by atoms with Crippen LogP contribution < -0.4 is 11.1 Å². The van der Waals surface area contributed by atoms with Crippen LogP contribution in [0.1, 0.15) is 30.6 Å². The van der Waals surface area contributed by atoms with Crippen LogP contribution in [0.15, 0.2) is 6.20 Å². The molecule has 0 aliphatic heterocycles. The Labute approximate surface area is 108 Å². The number of rotatable bonds is 7. The standard InChI is InChI=1S/C12H23N5O/c1-4-17(5-2)8-6-7-14-12(18)10-9-15-16(3)11(10)13/h9H,4-8,13H2,1-3H3,(H,14,18). The summed E-state index contributed by atoms with van der Waals surface area (Å²) in [6.07, 6.45) is 2.43. The van der Waals surface area contributed by atoms with Crippen LogP contribution in [0.2, 0.25) is 0 Å². The minimum absolute atomic E-state index is 0.153. The molecule has 1 rings (SSSR count). The number of aromatic nitrogens is 2. The van der Waals surface area contributed by atoms with Crippen LogP contribution in [0, 0.1) is 0 Å². The fourth-order valence-electron chi connectivity index (χ4n) is 1.76. The van der Waals surface area contributed by atoms with E-state index in [4.69, 9.17) is 5.73 Å². The predicted octanol–water partition coefficient (Wildman–Crippen LogP) is 0.464. The van der Waals surface area contributed by atoms with Gasteiger partial charge in [-0.25, -0.2) is 0 Å². The molecule has 0 aliphatic rings. The van der Waals surface area contributed by atoms with Crippen molar-refractivity contribution in [1.29, 1.82) is 0 Å². The van der Waals surface area contributed by atoms with Gasteiger partial charge in [0.1, 0.15) is 11.4 Å². The number of anilines is 1. The van der Waals surface area contributed by atoms with Gasteiger partial charge in [-0.2, -0.15) is 5.10 Å². The summed E-state index contributed by atoms with van der Waals surface area (Å²) >= 11 is 0. The molecule has 0 fully saturated rings. The summed E-state index contributed by atoms with van der Waals surface area (Å²) in [6.45, 7) is 8.01. The second-order valence-electron chi connectivity index (χ2n) is 4.20. The van der Waals surface area contributed by atoms with Crippen LogP contribution in [0.4, 0.5) is 5.82 Å². The first-order valence-electron chi connectivity index (χ1n) is 6.38. The summed E-state index contributed by atoms with van der Waals surface area (Å²) < 4.78 is 1.49. The third-order valence-corrected chi connectivity index (χ3v) is 3.06. The maximum absolute atomic E-state index is 11.8. The van der Waals surface area contributed by atoms with Gasteiger partial charge in [-0.15, -0.1) is 0 Å². The van der Waals surface area contributed by atoms with Gasteiger partial charge in [0.15, 0.2) is 0 Å². The number of aryl methyl sites for hydroxylation is 1. The van der Waals surface area contributed by atoms with Gasteiger partial charge >= 0.3 is 0 Å². The number of nitrogens with one attached hydrogen (secondary N) is 1. The number of amides is 1. The van der Waals surface area contributed by atoms with Gasteiger partial charge in [0, 0.05) is 13.6 Å². The third kappa shape index (κ3) is 3.73. The SMILES string of the molecule is CCN(CC)CCCNC(=O)c1cnn(C)c1N. The van der Waals surface area contributed by atoms with E-state index in [0.717, 1.165) is 26.1 Å². The molecular weight excluding hydrogens is 230 g/mol. The first-order chi connectivity index (χ1) is 8.60. The molecule has 0 spiro atoms. The van der Waals surface area contributed by atoms with Crippen LogP contribution in [-0.2, 0) is 7.05 Å². The molecule has 3 N–H and O–H groups in total. The quantitative estimate of drug-likeness (QED) is 0.692. The summed E-state index contributed by atoms with van der Waals surface area (Å²) in [5.74, 6) is 0.247. The number of carbonyl (C=O) groups excluding carboxylic acids is 1. The molecule has 1 aromatic heterocycles. The molecule has 1 aromatic rings. The fraction of sp³-hybridized carbons (Fsp3) is 0.667. The van der Waals surface area contributed by atoms with Gasteiger partial charge in [-0.05, 0) is 26.1 Å². The second kappa shape index (κ2) is 7.00. The highest BCUT2D eigenvalue weighted by atomic mass is 16.1. The molecule has 1 amide bonds. The Morgan fingerprint density at radius 1 is 1.50 bits per heavy atom. The molecule has 6 heteroatoms. The van der Waals surface area contributed by atoms with Crippen LogP contribution in [0.25, 0.3) is 0 Å². The van der Waals surface area contributed by atoms with Crippen LogP contribution >= 0.6 is 0 Å². The van der Waals surface area contributed by atoms with Crippen molar-refractivity contribution in [1.82, 2.24) is 20.0 Å². The largest absolute Gasteiger partial charge is 0.383 e. The number of nitrogen functional groups attached to an aromatic ring is 1. The average molecular weight is 253 g/mol. The van der Waals surface area contributed by atoms with Crippen molar-refractivity contribution in [3.05, 3.63) is 11.8 Å². The van der Waals surface area contributed by atoms with Crippen molar-refractivity contribution >= 4 is 11.7 Å². The highest BCUT2D eigenvalue weighted by molar-refractivity contribution is 5.98. The van der Waals surface area contributed by atoms with Gasteiger partial charge in [0.2, 0.25) is 0 Å². The van der Waals surface area contributed by atoms with Crippen molar-refractivity contribution in [2.24, 2.45) is 7.05 Å². The van der Waals surface area contributed by atoms with Crippen molar-refractivity contribution < 1.29 is 4.79 Å². The predicted molar refractivity (Wildman–Crippen MR) is 72.4 cm³/mol. The van der Waals surface area contributed by atoms with Crippen molar-refractivity contribution in [2.75, 3.05) is 31.9 Å². The van der Waals surface area contributed by atoms with Crippen molar-refractivity contribution in [2.45, 2.75) is 20.3 Å². The molecule has 0 aromatic carbocycles. The molecule has 6 nitrogen and oxygen atoms in total. The molecule has 0 saturated heterocycles. The second-order valence-corrected chi connectivity index (χ2v) is 4.20. The number of nitrogens with two attached hydrogens (primary N) is 1. The van der Waals surface area contributed by atoms with E-state index in [9.17, 15) is 4.79 Å². The Morgan fingerprint density at radius 2 is 2.17 bits per heavy atom. The number of hydrogen-bond acceptors (Lipinski definition) is 4. The summed E-state index contributed by atoms with van der Waals surface area (Å²) in [6, 6.07) is 0. The zero-order valence-corrected chi connectivity index (χ0v) is 11.4.